The summed E-state index contributed by atoms with van der Waals surface area (Å²) in [6, 6.07) is 12.8. The van der Waals surface area contributed by atoms with Gasteiger partial charge < -0.3 is 9.47 Å². The average molecular weight is 378 g/mol. The Kier molecular flexibility index (Phi) is 2.91. The third-order valence-corrected chi connectivity index (χ3v) is 4.36. The second-order valence-corrected chi connectivity index (χ2v) is 6.20. The summed E-state index contributed by atoms with van der Waals surface area (Å²) in [6.45, 7) is 1.32. The largest absolute Gasteiger partial charge is 0.454 e. The van der Waals surface area contributed by atoms with Crippen molar-refractivity contribution in [2.45, 2.75) is 6.42 Å². The van der Waals surface area contributed by atoms with Crippen molar-refractivity contribution in [2.75, 3.05) is 13.3 Å². The Hall–Kier alpha value is -1.56. The fourth-order valence-corrected chi connectivity index (χ4v) is 3.19. The van der Waals surface area contributed by atoms with Crippen molar-refractivity contribution in [3.05, 3.63) is 51.1 Å². The van der Waals surface area contributed by atoms with Crippen LogP contribution in [0.25, 0.3) is 0 Å². The van der Waals surface area contributed by atoms with E-state index in [-0.39, 0.29) is 0 Å². The molecule has 0 N–H and O–H groups in total. The van der Waals surface area contributed by atoms with E-state index in [9.17, 15) is 0 Å². The van der Waals surface area contributed by atoms with Crippen molar-refractivity contribution in [1.82, 2.24) is 0 Å². The van der Waals surface area contributed by atoms with Crippen LogP contribution in [0.5, 0.6) is 11.5 Å². The summed E-state index contributed by atoms with van der Waals surface area (Å²) in [5.74, 6) is 1.73. The van der Waals surface area contributed by atoms with Crippen molar-refractivity contribution in [3.8, 4) is 11.5 Å². The smallest absolute Gasteiger partial charge is 0.231 e. The molecule has 0 amide bonds. The Morgan fingerprint density at radius 1 is 1.05 bits per heavy atom. The van der Waals surface area contributed by atoms with Crippen LogP contribution in [-0.4, -0.2) is 24.1 Å². The van der Waals surface area contributed by atoms with Crippen LogP contribution >= 0.6 is 22.6 Å². The van der Waals surface area contributed by atoms with Gasteiger partial charge in [0.2, 0.25) is 12.5 Å². The summed E-state index contributed by atoms with van der Waals surface area (Å²) in [6.07, 6.45) is 3.22. The Bertz CT molecular complexity index is 724. The molecule has 4 heteroatoms. The predicted molar refractivity (Wildman–Crippen MR) is 85.4 cm³/mol. The maximum Gasteiger partial charge on any atom is 0.231 e. The van der Waals surface area contributed by atoms with E-state index in [4.69, 9.17) is 9.47 Å². The lowest BCUT2D eigenvalue weighted by Gasteiger charge is -2.13. The van der Waals surface area contributed by atoms with Crippen LogP contribution < -0.4 is 9.47 Å². The van der Waals surface area contributed by atoms with Gasteiger partial charge in [-0.05, 0) is 46.4 Å². The summed E-state index contributed by atoms with van der Waals surface area (Å²) in [5, 5.41) is 0. The van der Waals surface area contributed by atoms with Crippen molar-refractivity contribution < 1.29 is 14.0 Å². The lowest BCUT2D eigenvalue weighted by molar-refractivity contribution is -0.436. The van der Waals surface area contributed by atoms with Gasteiger partial charge in [0, 0.05) is 27.7 Å². The molecule has 0 unspecified atom stereocenters. The van der Waals surface area contributed by atoms with Gasteiger partial charge in [-0.1, -0.05) is 6.07 Å². The minimum Gasteiger partial charge on any atom is -0.454 e. The van der Waals surface area contributed by atoms with Crippen LogP contribution in [-0.2, 0) is 6.42 Å². The molecular weight excluding hydrogens is 365 g/mol. The highest BCUT2D eigenvalue weighted by Gasteiger charge is 2.23. The zero-order valence-electron chi connectivity index (χ0n) is 10.8. The number of hydrogen-bond donors (Lipinski definition) is 0. The fourth-order valence-electron chi connectivity index (χ4n) is 2.67. The number of halogens is 1. The Balaban J connectivity index is 1.78. The second-order valence-electron chi connectivity index (χ2n) is 4.96. The van der Waals surface area contributed by atoms with Gasteiger partial charge in [-0.3, -0.25) is 0 Å². The molecule has 0 radical (unpaired) electrons. The van der Waals surface area contributed by atoms with Gasteiger partial charge in [-0.15, -0.1) is 0 Å². The van der Waals surface area contributed by atoms with E-state index < -0.39 is 0 Å². The third kappa shape index (κ3) is 2.08. The molecule has 20 heavy (non-hydrogen) atoms. The Morgan fingerprint density at radius 2 is 1.90 bits per heavy atom. The van der Waals surface area contributed by atoms with E-state index in [1.807, 2.05) is 0 Å². The molecule has 2 aromatic rings. The first kappa shape index (κ1) is 12.2. The molecule has 3 nitrogen and oxygen atoms in total. The van der Waals surface area contributed by atoms with Gasteiger partial charge in [0.05, 0.1) is 0 Å². The zero-order chi connectivity index (χ0) is 13.5. The van der Waals surface area contributed by atoms with Gasteiger partial charge in [0.1, 0.15) is 0 Å². The van der Waals surface area contributed by atoms with Crippen molar-refractivity contribution in [2.24, 2.45) is 0 Å². The van der Waals surface area contributed by atoms with Gasteiger partial charge in [-0.25, -0.2) is 0 Å². The molecule has 0 spiro atoms. The molecule has 2 aliphatic rings. The van der Waals surface area contributed by atoms with Gasteiger partial charge in [0.25, 0.3) is 0 Å². The standard InChI is InChI=1S/C16H13INO2/c17-13-2-1-3-14(8-13)18-5-4-11-6-15-16(20-10-19-15)7-12(11)9-18/h1-3,6-9H,4-5,10H2/q+1. The Labute approximate surface area is 131 Å². The van der Waals surface area contributed by atoms with E-state index in [0.717, 1.165) is 24.5 Å². The van der Waals surface area contributed by atoms with E-state index in [1.165, 1.54) is 20.4 Å². The molecule has 0 saturated heterocycles. The predicted octanol–water partition coefficient (Wildman–Crippen LogP) is 3.34. The van der Waals surface area contributed by atoms with Crippen molar-refractivity contribution in [1.29, 1.82) is 0 Å². The summed E-state index contributed by atoms with van der Waals surface area (Å²) in [7, 11) is 0. The number of nitrogens with zero attached hydrogens (tertiary/aromatic N) is 1. The highest BCUT2D eigenvalue weighted by molar-refractivity contribution is 14.1. The van der Waals surface area contributed by atoms with Gasteiger partial charge in [0.15, 0.2) is 24.3 Å². The Morgan fingerprint density at radius 3 is 2.75 bits per heavy atom. The zero-order valence-corrected chi connectivity index (χ0v) is 13.0. The van der Waals surface area contributed by atoms with Crippen LogP contribution in [0.1, 0.15) is 11.1 Å². The van der Waals surface area contributed by atoms with E-state index >= 15 is 0 Å². The van der Waals surface area contributed by atoms with Crippen LogP contribution in [0.4, 0.5) is 5.69 Å². The lowest BCUT2D eigenvalue weighted by atomic mass is 10.0. The van der Waals surface area contributed by atoms with Gasteiger partial charge in [-0.2, -0.15) is 4.58 Å². The SMILES string of the molecule is Ic1cccc([N+]2=Cc3cc4c(cc3CC2)OCO4)c1. The maximum atomic E-state index is 5.46. The maximum absolute atomic E-state index is 5.46. The molecule has 0 aromatic heterocycles. The molecule has 2 aliphatic heterocycles. The molecule has 0 bridgehead atoms. The van der Waals surface area contributed by atoms with E-state index in [2.05, 4.69) is 69.8 Å². The molecule has 0 saturated carbocycles. The van der Waals surface area contributed by atoms with E-state index in [0.29, 0.717) is 6.79 Å². The van der Waals surface area contributed by atoms with Crippen LogP contribution in [0, 0.1) is 3.57 Å². The normalized spacial score (nSPS) is 15.8. The second kappa shape index (κ2) is 4.77. The first-order chi connectivity index (χ1) is 9.79. The topological polar surface area (TPSA) is 21.5 Å². The molecular formula is C16H13INO2+. The summed E-state index contributed by atoms with van der Waals surface area (Å²) in [4.78, 5) is 0. The van der Waals surface area contributed by atoms with Crippen LogP contribution in [0.3, 0.4) is 0 Å². The number of rotatable bonds is 1. The number of hydrogen-bond acceptors (Lipinski definition) is 2. The first-order valence-electron chi connectivity index (χ1n) is 6.59. The molecule has 0 fully saturated rings. The van der Waals surface area contributed by atoms with Crippen LogP contribution in [0.2, 0.25) is 0 Å². The van der Waals surface area contributed by atoms with Gasteiger partial charge >= 0.3 is 0 Å². The fraction of sp³-hybridized carbons (Fsp3) is 0.188. The highest BCUT2D eigenvalue weighted by atomic mass is 127. The monoisotopic (exact) mass is 378 g/mol. The number of benzene rings is 2. The lowest BCUT2D eigenvalue weighted by Crippen LogP contribution is -2.18. The molecule has 2 aromatic carbocycles. The number of ether oxygens (including phenoxy) is 2. The average Bonchev–Trinajstić information content (AvgIpc) is 2.91. The summed E-state index contributed by atoms with van der Waals surface area (Å²) >= 11 is 2.35. The third-order valence-electron chi connectivity index (χ3n) is 3.69. The number of fused-ring (bicyclic) bond motifs is 2. The molecule has 0 atom stereocenters. The molecule has 2 heterocycles. The highest BCUT2D eigenvalue weighted by Crippen LogP contribution is 2.35. The first-order valence-corrected chi connectivity index (χ1v) is 7.67. The van der Waals surface area contributed by atoms with Crippen molar-refractivity contribution in [3.63, 3.8) is 0 Å². The summed E-state index contributed by atoms with van der Waals surface area (Å²) in [5.41, 5.74) is 3.79. The molecule has 0 aliphatic carbocycles. The van der Waals surface area contributed by atoms with Crippen molar-refractivity contribution >= 4 is 34.5 Å². The minimum atomic E-state index is 0.332. The van der Waals surface area contributed by atoms with E-state index in [1.54, 1.807) is 0 Å². The quantitative estimate of drug-likeness (QED) is 0.561. The summed E-state index contributed by atoms with van der Waals surface area (Å²) < 4.78 is 14.5. The minimum absolute atomic E-state index is 0.332. The molecule has 4 rings (SSSR count). The molecule has 100 valence electrons. The van der Waals surface area contributed by atoms with Crippen LogP contribution in [0.15, 0.2) is 36.4 Å².